The first kappa shape index (κ1) is 13.6. The van der Waals surface area contributed by atoms with E-state index in [1.807, 2.05) is 0 Å². The predicted octanol–water partition coefficient (Wildman–Crippen LogP) is 0.956. The predicted molar refractivity (Wildman–Crippen MR) is 67.4 cm³/mol. The molecule has 0 amide bonds. The van der Waals surface area contributed by atoms with Gasteiger partial charge in [0.2, 0.25) is 11.5 Å². The van der Waals surface area contributed by atoms with Gasteiger partial charge in [0.1, 0.15) is 0 Å². The van der Waals surface area contributed by atoms with Crippen molar-refractivity contribution in [1.29, 1.82) is 0 Å². The van der Waals surface area contributed by atoms with Gasteiger partial charge in [0.15, 0.2) is 0 Å². The largest absolute Gasteiger partial charge is 0.490 e. The average Bonchev–Trinajstić information content (AvgIpc) is 2.81. The molecule has 104 valence electrons. The highest BCUT2D eigenvalue weighted by Crippen LogP contribution is 2.36. The molecule has 1 aromatic carbocycles. The van der Waals surface area contributed by atoms with E-state index >= 15 is 0 Å². The van der Waals surface area contributed by atoms with Crippen molar-refractivity contribution in [2.24, 2.45) is 11.7 Å². The van der Waals surface area contributed by atoms with Crippen molar-refractivity contribution in [3.8, 4) is 11.5 Å². The Morgan fingerprint density at radius 3 is 2.79 bits per heavy atom. The zero-order valence-corrected chi connectivity index (χ0v) is 10.6. The molecule has 7 nitrogen and oxygen atoms in total. The molecule has 0 radical (unpaired) electrons. The number of hydrogen-bond acceptors (Lipinski definition) is 6. The SMILES string of the molecule is COc1cccc(OC[C@@H]2COC[C@H]2N)c1[N+](=O)[O-]. The summed E-state index contributed by atoms with van der Waals surface area (Å²) in [5.41, 5.74) is 5.66. The van der Waals surface area contributed by atoms with Gasteiger partial charge in [-0.1, -0.05) is 6.07 Å². The fourth-order valence-electron chi connectivity index (χ4n) is 1.95. The summed E-state index contributed by atoms with van der Waals surface area (Å²) in [4.78, 5) is 10.5. The number of benzene rings is 1. The minimum Gasteiger partial charge on any atom is -0.490 e. The van der Waals surface area contributed by atoms with E-state index in [-0.39, 0.29) is 35.8 Å². The van der Waals surface area contributed by atoms with Crippen molar-refractivity contribution in [2.45, 2.75) is 6.04 Å². The number of methoxy groups -OCH3 is 1. The van der Waals surface area contributed by atoms with Gasteiger partial charge < -0.3 is 19.9 Å². The van der Waals surface area contributed by atoms with E-state index in [4.69, 9.17) is 19.9 Å². The molecule has 0 unspecified atom stereocenters. The fourth-order valence-corrected chi connectivity index (χ4v) is 1.95. The summed E-state index contributed by atoms with van der Waals surface area (Å²) in [6.07, 6.45) is 0. The van der Waals surface area contributed by atoms with Crippen molar-refractivity contribution < 1.29 is 19.1 Å². The highest BCUT2D eigenvalue weighted by molar-refractivity contribution is 5.57. The number of nitro benzene ring substituents is 1. The lowest BCUT2D eigenvalue weighted by atomic mass is 10.1. The van der Waals surface area contributed by atoms with E-state index < -0.39 is 4.92 Å². The third-order valence-corrected chi connectivity index (χ3v) is 3.07. The first-order valence-electron chi connectivity index (χ1n) is 5.91. The molecule has 19 heavy (non-hydrogen) atoms. The van der Waals surface area contributed by atoms with E-state index in [1.54, 1.807) is 12.1 Å². The van der Waals surface area contributed by atoms with Crippen molar-refractivity contribution >= 4 is 5.69 Å². The van der Waals surface area contributed by atoms with Crippen molar-refractivity contribution in [3.63, 3.8) is 0 Å². The number of rotatable bonds is 5. The van der Waals surface area contributed by atoms with Crippen molar-refractivity contribution in [1.82, 2.24) is 0 Å². The Kier molecular flexibility index (Phi) is 4.18. The van der Waals surface area contributed by atoms with Gasteiger partial charge in [0.05, 0.1) is 31.9 Å². The molecule has 0 saturated carbocycles. The highest BCUT2D eigenvalue weighted by Gasteiger charge is 2.27. The quantitative estimate of drug-likeness (QED) is 0.631. The monoisotopic (exact) mass is 268 g/mol. The Bertz CT molecular complexity index is 465. The van der Waals surface area contributed by atoms with Gasteiger partial charge in [-0.15, -0.1) is 0 Å². The summed E-state index contributed by atoms with van der Waals surface area (Å²) >= 11 is 0. The summed E-state index contributed by atoms with van der Waals surface area (Å²) in [5.74, 6) is 0.406. The molecule has 7 heteroatoms. The number of nitrogens with zero attached hydrogens (tertiary/aromatic N) is 1. The zero-order chi connectivity index (χ0) is 13.8. The lowest BCUT2D eigenvalue weighted by Crippen LogP contribution is -2.32. The Labute approximate surface area is 110 Å². The molecule has 1 aliphatic rings. The van der Waals surface area contributed by atoms with E-state index in [0.29, 0.717) is 13.2 Å². The van der Waals surface area contributed by atoms with E-state index in [9.17, 15) is 10.1 Å². The standard InChI is InChI=1S/C12H16N2O5/c1-17-10-3-2-4-11(12(10)14(15)16)19-6-8-5-18-7-9(8)13/h2-4,8-9H,5-7,13H2,1H3/t8-,9+/m0/s1. The third-order valence-electron chi connectivity index (χ3n) is 3.07. The van der Waals surface area contributed by atoms with E-state index in [1.165, 1.54) is 13.2 Å². The summed E-state index contributed by atoms with van der Waals surface area (Å²) in [6.45, 7) is 1.29. The van der Waals surface area contributed by atoms with Crippen LogP contribution in [0, 0.1) is 16.0 Å². The molecule has 2 atom stereocenters. The molecule has 2 rings (SSSR count). The van der Waals surface area contributed by atoms with Crippen LogP contribution < -0.4 is 15.2 Å². The Hall–Kier alpha value is -1.86. The summed E-state index contributed by atoms with van der Waals surface area (Å²) < 4.78 is 15.7. The van der Waals surface area contributed by atoms with Gasteiger partial charge in [-0.3, -0.25) is 10.1 Å². The lowest BCUT2D eigenvalue weighted by Gasteiger charge is -2.14. The molecular formula is C12H16N2O5. The first-order chi connectivity index (χ1) is 9.13. The van der Waals surface area contributed by atoms with E-state index in [0.717, 1.165) is 0 Å². The van der Waals surface area contributed by atoms with Crippen LogP contribution in [0.25, 0.3) is 0 Å². The second-order valence-corrected chi connectivity index (χ2v) is 4.34. The van der Waals surface area contributed by atoms with Gasteiger partial charge in [0, 0.05) is 12.0 Å². The molecule has 1 fully saturated rings. The summed E-state index contributed by atoms with van der Waals surface area (Å²) in [6, 6.07) is 4.62. The zero-order valence-electron chi connectivity index (χ0n) is 10.6. The molecule has 1 saturated heterocycles. The third kappa shape index (κ3) is 2.94. The van der Waals surface area contributed by atoms with Crippen LogP contribution in [0.1, 0.15) is 0 Å². The van der Waals surface area contributed by atoms with Crippen LogP contribution in [0.4, 0.5) is 5.69 Å². The lowest BCUT2D eigenvalue weighted by molar-refractivity contribution is -0.386. The van der Waals surface area contributed by atoms with E-state index in [2.05, 4.69) is 0 Å². The average molecular weight is 268 g/mol. The number of nitro groups is 1. The van der Waals surface area contributed by atoms with Crippen LogP contribution >= 0.6 is 0 Å². The van der Waals surface area contributed by atoms with Gasteiger partial charge >= 0.3 is 5.69 Å². The number of nitrogens with two attached hydrogens (primary N) is 1. The van der Waals surface area contributed by atoms with Crippen LogP contribution in [-0.2, 0) is 4.74 Å². The molecule has 2 N–H and O–H groups in total. The smallest absolute Gasteiger partial charge is 0.352 e. The molecule has 0 aliphatic carbocycles. The van der Waals surface area contributed by atoms with Crippen LogP contribution in [-0.4, -0.2) is 37.9 Å². The molecule has 0 spiro atoms. The molecular weight excluding hydrogens is 252 g/mol. The second-order valence-electron chi connectivity index (χ2n) is 4.34. The molecule has 0 bridgehead atoms. The molecule has 0 aromatic heterocycles. The number of para-hydroxylation sites is 1. The Morgan fingerprint density at radius 2 is 2.21 bits per heavy atom. The molecule has 1 aromatic rings. The maximum Gasteiger partial charge on any atom is 0.352 e. The van der Waals surface area contributed by atoms with Gasteiger partial charge in [0.25, 0.3) is 0 Å². The van der Waals surface area contributed by atoms with Gasteiger partial charge in [-0.05, 0) is 12.1 Å². The van der Waals surface area contributed by atoms with Crippen LogP contribution in [0.3, 0.4) is 0 Å². The van der Waals surface area contributed by atoms with Crippen molar-refractivity contribution in [2.75, 3.05) is 26.9 Å². The van der Waals surface area contributed by atoms with Crippen molar-refractivity contribution in [3.05, 3.63) is 28.3 Å². The van der Waals surface area contributed by atoms with Crippen LogP contribution in [0.2, 0.25) is 0 Å². The maximum atomic E-state index is 11.1. The summed E-state index contributed by atoms with van der Waals surface area (Å²) in [5, 5.41) is 11.1. The topological polar surface area (TPSA) is 96.8 Å². The number of ether oxygens (including phenoxy) is 3. The minimum absolute atomic E-state index is 0.0470. The minimum atomic E-state index is -0.515. The molecule has 1 aliphatic heterocycles. The Balaban J connectivity index is 2.13. The Morgan fingerprint density at radius 1 is 1.47 bits per heavy atom. The van der Waals surface area contributed by atoms with Crippen LogP contribution in [0.15, 0.2) is 18.2 Å². The second kappa shape index (κ2) is 5.85. The van der Waals surface area contributed by atoms with Gasteiger partial charge in [-0.2, -0.15) is 0 Å². The van der Waals surface area contributed by atoms with Gasteiger partial charge in [-0.25, -0.2) is 0 Å². The van der Waals surface area contributed by atoms with Crippen LogP contribution in [0.5, 0.6) is 11.5 Å². The number of hydrogen-bond donors (Lipinski definition) is 1. The fraction of sp³-hybridized carbons (Fsp3) is 0.500. The molecule has 1 heterocycles. The maximum absolute atomic E-state index is 11.1. The highest BCUT2D eigenvalue weighted by atomic mass is 16.6. The summed E-state index contributed by atoms with van der Waals surface area (Å²) in [7, 11) is 1.38. The normalized spacial score (nSPS) is 22.2. The first-order valence-corrected chi connectivity index (χ1v) is 5.91.